The number of nitrogens with zero attached hydrogens (tertiary/aromatic N) is 2. The van der Waals surface area contributed by atoms with E-state index in [0.717, 1.165) is 54.4 Å². The minimum atomic E-state index is -0.350. The molecular formula is C29H37N3O4. The van der Waals surface area contributed by atoms with Crippen molar-refractivity contribution in [3.63, 3.8) is 0 Å². The predicted molar refractivity (Wildman–Crippen MR) is 141 cm³/mol. The summed E-state index contributed by atoms with van der Waals surface area (Å²) in [4.78, 5) is 15.5. The van der Waals surface area contributed by atoms with Gasteiger partial charge in [-0.15, -0.1) is 0 Å². The molecule has 1 unspecified atom stereocenters. The molecule has 1 aliphatic heterocycles. The highest BCUT2D eigenvalue weighted by Gasteiger charge is 2.42. The van der Waals surface area contributed by atoms with Crippen molar-refractivity contribution in [1.82, 2.24) is 15.1 Å². The van der Waals surface area contributed by atoms with Crippen LogP contribution in [0.2, 0.25) is 0 Å². The molecular weight excluding hydrogens is 454 g/mol. The van der Waals surface area contributed by atoms with E-state index in [1.807, 2.05) is 43.0 Å². The number of phenols is 1. The smallest absolute Gasteiger partial charge is 0.273 e. The van der Waals surface area contributed by atoms with Gasteiger partial charge in [0.25, 0.3) is 5.91 Å². The minimum Gasteiger partial charge on any atom is -0.507 e. The number of aromatic amines is 1. The molecule has 0 radical (unpaired) electrons. The Bertz CT molecular complexity index is 1210. The minimum absolute atomic E-state index is 0.0728. The van der Waals surface area contributed by atoms with E-state index >= 15 is 0 Å². The van der Waals surface area contributed by atoms with Crippen LogP contribution >= 0.6 is 0 Å². The Morgan fingerprint density at radius 3 is 2.53 bits per heavy atom. The van der Waals surface area contributed by atoms with Crippen LogP contribution in [0.5, 0.6) is 17.2 Å². The number of carbonyl (C=O) groups is 1. The first-order chi connectivity index (χ1) is 17.4. The van der Waals surface area contributed by atoms with Gasteiger partial charge in [-0.25, -0.2) is 0 Å². The maximum absolute atomic E-state index is 13.6. The van der Waals surface area contributed by atoms with E-state index in [0.29, 0.717) is 41.6 Å². The summed E-state index contributed by atoms with van der Waals surface area (Å²) in [5, 5.41) is 18.4. The summed E-state index contributed by atoms with van der Waals surface area (Å²) >= 11 is 0. The number of aromatic nitrogens is 2. The molecule has 0 saturated heterocycles. The predicted octanol–water partition coefficient (Wildman–Crippen LogP) is 6.32. The Balaban J connectivity index is 1.82. The molecule has 0 aliphatic carbocycles. The molecule has 0 bridgehead atoms. The normalized spacial score (nSPS) is 14.9. The van der Waals surface area contributed by atoms with Gasteiger partial charge >= 0.3 is 0 Å². The Morgan fingerprint density at radius 2 is 1.83 bits per heavy atom. The van der Waals surface area contributed by atoms with Crippen LogP contribution in [0.25, 0.3) is 11.3 Å². The second-order valence-electron chi connectivity index (χ2n) is 9.56. The lowest BCUT2D eigenvalue weighted by Crippen LogP contribution is -2.30. The number of rotatable bonds is 11. The lowest BCUT2D eigenvalue weighted by atomic mass is 9.93. The van der Waals surface area contributed by atoms with Crippen molar-refractivity contribution < 1.29 is 19.4 Å². The number of hydrogen-bond donors (Lipinski definition) is 2. The first-order valence-corrected chi connectivity index (χ1v) is 12.9. The fourth-order valence-corrected chi connectivity index (χ4v) is 5.05. The van der Waals surface area contributed by atoms with Crippen LogP contribution in [0.3, 0.4) is 0 Å². The van der Waals surface area contributed by atoms with Gasteiger partial charge in [0.15, 0.2) is 11.5 Å². The maximum Gasteiger partial charge on any atom is 0.273 e. The zero-order valence-electron chi connectivity index (χ0n) is 22.0. The maximum atomic E-state index is 13.6. The van der Waals surface area contributed by atoms with Crippen LogP contribution < -0.4 is 9.47 Å². The van der Waals surface area contributed by atoms with Gasteiger partial charge in [-0.3, -0.25) is 9.89 Å². The van der Waals surface area contributed by atoms with Crippen LogP contribution in [-0.4, -0.2) is 46.4 Å². The van der Waals surface area contributed by atoms with Gasteiger partial charge in [0.05, 0.1) is 19.8 Å². The zero-order chi connectivity index (χ0) is 25.8. The summed E-state index contributed by atoms with van der Waals surface area (Å²) in [5.41, 5.74) is 5.34. The van der Waals surface area contributed by atoms with E-state index < -0.39 is 0 Å². The van der Waals surface area contributed by atoms with Gasteiger partial charge in [0.1, 0.15) is 17.1 Å². The average Bonchev–Trinajstić information content (AvgIpc) is 3.38. The lowest BCUT2D eigenvalue weighted by molar-refractivity contribution is 0.0740. The molecule has 2 aromatic carbocycles. The van der Waals surface area contributed by atoms with E-state index in [-0.39, 0.29) is 17.7 Å². The molecule has 0 spiro atoms. The number of nitrogens with one attached hydrogen (secondary N) is 1. The third-order valence-electron chi connectivity index (χ3n) is 6.82. The molecule has 2 N–H and O–H groups in total. The van der Waals surface area contributed by atoms with Crippen LogP contribution in [0.15, 0.2) is 30.3 Å². The summed E-state index contributed by atoms with van der Waals surface area (Å²) in [6, 6.07) is 9.29. The largest absolute Gasteiger partial charge is 0.507 e. The number of unbranched alkanes of at least 4 members (excludes halogenated alkanes) is 3. The van der Waals surface area contributed by atoms with E-state index in [9.17, 15) is 9.90 Å². The number of hydrogen-bond acceptors (Lipinski definition) is 5. The Kier molecular flexibility index (Phi) is 7.87. The topological polar surface area (TPSA) is 87.7 Å². The summed E-state index contributed by atoms with van der Waals surface area (Å²) < 4.78 is 11.6. The number of carbonyl (C=O) groups excluding carboxylic acids is 1. The molecule has 1 atom stereocenters. The van der Waals surface area contributed by atoms with Gasteiger partial charge in [-0.05, 0) is 61.6 Å². The molecule has 0 saturated carbocycles. The number of benzene rings is 2. The van der Waals surface area contributed by atoms with Crippen LogP contribution in [-0.2, 0) is 0 Å². The van der Waals surface area contributed by atoms with Crippen LogP contribution in [0.1, 0.15) is 84.7 Å². The highest BCUT2D eigenvalue weighted by Crippen LogP contribution is 2.47. The molecule has 7 nitrogen and oxygen atoms in total. The Hall–Kier alpha value is -3.48. The van der Waals surface area contributed by atoms with Gasteiger partial charge < -0.3 is 19.5 Å². The number of aryl methyl sites for hydroxylation is 2. The van der Waals surface area contributed by atoms with Gasteiger partial charge in [0, 0.05) is 17.7 Å². The Labute approximate surface area is 213 Å². The molecule has 7 heteroatoms. The summed E-state index contributed by atoms with van der Waals surface area (Å²) in [6.45, 7) is 9.44. The molecule has 192 valence electrons. The second-order valence-corrected chi connectivity index (χ2v) is 9.56. The molecule has 3 aromatic rings. The van der Waals surface area contributed by atoms with Gasteiger partial charge in [0.2, 0.25) is 0 Å². The number of methoxy groups -OCH3 is 1. The van der Waals surface area contributed by atoms with Crippen molar-refractivity contribution in [2.45, 2.75) is 65.8 Å². The third-order valence-corrected chi connectivity index (χ3v) is 6.82. The number of phenolic OH excluding ortho intramolecular Hbond substituents is 1. The molecule has 4 rings (SSSR count). The fraction of sp³-hybridized carbons (Fsp3) is 0.448. The standard InChI is InChI=1S/C29H37N3O4/c1-6-8-10-13-32-28(20-11-12-22(23(17-20)35-5)36-14-9-7-2)25-26(30-31-27(25)29(32)34)24-19(4)15-18(3)16-21(24)33/h11-12,15-17,28,33H,6-10,13-14H2,1-5H3,(H,30,31). The van der Waals surface area contributed by atoms with E-state index in [1.165, 1.54) is 0 Å². The van der Waals surface area contributed by atoms with Crippen molar-refractivity contribution in [3.8, 4) is 28.5 Å². The van der Waals surface area contributed by atoms with Crippen molar-refractivity contribution in [2.24, 2.45) is 0 Å². The lowest BCUT2D eigenvalue weighted by Gasteiger charge is -2.27. The zero-order valence-corrected chi connectivity index (χ0v) is 22.0. The van der Waals surface area contributed by atoms with Gasteiger partial charge in [-0.1, -0.05) is 45.2 Å². The van der Waals surface area contributed by atoms with Crippen molar-refractivity contribution in [2.75, 3.05) is 20.3 Å². The van der Waals surface area contributed by atoms with E-state index in [2.05, 4.69) is 24.0 Å². The quantitative estimate of drug-likeness (QED) is 0.306. The molecule has 0 fully saturated rings. The number of H-pyrrole nitrogens is 1. The average molecular weight is 492 g/mol. The highest BCUT2D eigenvalue weighted by atomic mass is 16.5. The SMILES string of the molecule is CCCCCN1C(=O)c2[nH]nc(-c3c(C)cc(C)cc3O)c2C1c1ccc(OCCCC)c(OC)c1. The number of amides is 1. The molecule has 1 amide bonds. The Morgan fingerprint density at radius 1 is 1.06 bits per heavy atom. The summed E-state index contributed by atoms with van der Waals surface area (Å²) in [5.74, 6) is 1.42. The highest BCUT2D eigenvalue weighted by molar-refractivity contribution is 6.00. The monoisotopic (exact) mass is 491 g/mol. The number of fused-ring (bicyclic) bond motifs is 1. The van der Waals surface area contributed by atoms with Crippen molar-refractivity contribution in [1.29, 1.82) is 0 Å². The van der Waals surface area contributed by atoms with E-state index in [4.69, 9.17) is 9.47 Å². The molecule has 2 heterocycles. The van der Waals surface area contributed by atoms with Crippen molar-refractivity contribution in [3.05, 3.63) is 58.3 Å². The van der Waals surface area contributed by atoms with Crippen LogP contribution in [0, 0.1) is 13.8 Å². The molecule has 1 aromatic heterocycles. The second kappa shape index (κ2) is 11.1. The summed E-state index contributed by atoms with van der Waals surface area (Å²) in [7, 11) is 1.63. The van der Waals surface area contributed by atoms with Gasteiger partial charge in [-0.2, -0.15) is 5.10 Å². The summed E-state index contributed by atoms with van der Waals surface area (Å²) in [6.07, 6.45) is 5.04. The fourth-order valence-electron chi connectivity index (χ4n) is 5.05. The van der Waals surface area contributed by atoms with E-state index in [1.54, 1.807) is 13.2 Å². The first kappa shape index (κ1) is 25.6. The van der Waals surface area contributed by atoms with Crippen molar-refractivity contribution >= 4 is 5.91 Å². The number of aromatic hydroxyl groups is 1. The number of ether oxygens (including phenoxy) is 2. The molecule has 36 heavy (non-hydrogen) atoms. The van der Waals surface area contributed by atoms with Crippen LogP contribution in [0.4, 0.5) is 0 Å². The first-order valence-electron chi connectivity index (χ1n) is 12.9. The third kappa shape index (κ3) is 4.79. The molecule has 1 aliphatic rings.